The molecule has 0 saturated heterocycles. The fraction of sp³-hybridized carbons (Fsp3) is 0.258. The number of Topliss-reactive ketones (excluding diaryl/α,β-unsaturated/α-hetero) is 1. The molecule has 2 aliphatic rings. The Balaban J connectivity index is 1.84. The minimum atomic E-state index is -1.13. The minimum absolute atomic E-state index is 0.0455. The van der Waals surface area contributed by atoms with E-state index in [0.717, 1.165) is 4.88 Å². The van der Waals surface area contributed by atoms with Crippen molar-refractivity contribution in [2.24, 2.45) is 11.7 Å². The average molecular weight is 612 g/mol. The third-order valence-corrected chi connectivity index (χ3v) is 9.13. The standard InChI is InChI=1S/C31H28Cl2N2O5S/c1-3-39-30(37)24-19(22-14-9-15-41-22)16-21-25(28(24)36)23(18-12-8-13-20(32)27(18)33)26(31(38)40-4-2)29(34)35(21)17-10-6-5-7-11-17/h5-15,19,23-24H,3-4,16,34H2,1-2H3/t19-,23+,24+/m0/s1. The topological polar surface area (TPSA) is 98.9 Å². The number of hydrogen-bond donors (Lipinski definition) is 1. The quantitative estimate of drug-likeness (QED) is 0.238. The predicted molar refractivity (Wildman–Crippen MR) is 160 cm³/mol. The van der Waals surface area contributed by atoms with Gasteiger partial charge in [-0.05, 0) is 55.5 Å². The van der Waals surface area contributed by atoms with Crippen LogP contribution in [0.25, 0.3) is 0 Å². The molecule has 0 bridgehead atoms. The zero-order valence-electron chi connectivity index (χ0n) is 22.4. The van der Waals surface area contributed by atoms with Crippen LogP contribution in [0.2, 0.25) is 10.0 Å². The molecule has 10 heteroatoms. The SMILES string of the molecule is CCOC(=O)C1=C(N)N(c2ccccc2)C2=C(C(=O)[C@H](C(=O)OCC)[C@H](c3cccs3)C2)[C@H]1c1cccc(Cl)c1Cl. The minimum Gasteiger partial charge on any atom is -0.465 e. The van der Waals surface area contributed by atoms with E-state index in [1.165, 1.54) is 11.3 Å². The second kappa shape index (κ2) is 12.1. The van der Waals surface area contributed by atoms with E-state index in [0.29, 0.717) is 16.9 Å². The van der Waals surface area contributed by atoms with E-state index in [1.807, 2.05) is 47.8 Å². The summed E-state index contributed by atoms with van der Waals surface area (Å²) in [4.78, 5) is 44.4. The molecular weight excluding hydrogens is 583 g/mol. The first-order chi connectivity index (χ1) is 19.8. The van der Waals surface area contributed by atoms with Gasteiger partial charge in [-0.3, -0.25) is 14.5 Å². The van der Waals surface area contributed by atoms with Gasteiger partial charge in [0.25, 0.3) is 0 Å². The number of ether oxygens (including phenoxy) is 2. The molecule has 2 aromatic carbocycles. The Labute approximate surface area is 252 Å². The van der Waals surface area contributed by atoms with E-state index in [1.54, 1.807) is 36.9 Å². The van der Waals surface area contributed by atoms with Crippen LogP contribution in [0.1, 0.15) is 42.5 Å². The van der Waals surface area contributed by atoms with Gasteiger partial charge >= 0.3 is 11.9 Å². The molecule has 212 valence electrons. The highest BCUT2D eigenvalue weighted by Gasteiger charge is 2.52. The van der Waals surface area contributed by atoms with E-state index in [9.17, 15) is 14.4 Å². The lowest BCUT2D eigenvalue weighted by atomic mass is 9.68. The number of thiophene rings is 1. The molecule has 0 unspecified atom stereocenters. The number of hydrogen-bond acceptors (Lipinski definition) is 8. The normalized spacial score (nSPS) is 20.6. The fourth-order valence-corrected chi connectivity index (χ4v) is 6.92. The number of carbonyl (C=O) groups is 3. The van der Waals surface area contributed by atoms with Crippen molar-refractivity contribution in [3.05, 3.63) is 109 Å². The van der Waals surface area contributed by atoms with Crippen LogP contribution in [-0.4, -0.2) is 30.9 Å². The third-order valence-electron chi connectivity index (χ3n) is 7.29. The van der Waals surface area contributed by atoms with Crippen molar-refractivity contribution in [2.45, 2.75) is 32.1 Å². The first kappa shape index (κ1) is 28.9. The Hall–Kier alpha value is -3.59. The van der Waals surface area contributed by atoms with Crippen LogP contribution in [0, 0.1) is 5.92 Å². The van der Waals surface area contributed by atoms with Gasteiger partial charge in [-0.1, -0.05) is 59.6 Å². The number of nitrogens with zero attached hydrogens (tertiary/aromatic N) is 1. The molecule has 2 N–H and O–H groups in total. The lowest BCUT2D eigenvalue weighted by Gasteiger charge is -2.44. The lowest BCUT2D eigenvalue weighted by Crippen LogP contribution is -2.46. The van der Waals surface area contributed by atoms with Crippen molar-refractivity contribution >= 4 is 57.9 Å². The molecule has 0 radical (unpaired) electrons. The van der Waals surface area contributed by atoms with Gasteiger partial charge in [0.1, 0.15) is 11.7 Å². The largest absolute Gasteiger partial charge is 0.465 e. The first-order valence-corrected chi connectivity index (χ1v) is 14.9. The van der Waals surface area contributed by atoms with Gasteiger partial charge in [-0.25, -0.2) is 4.79 Å². The van der Waals surface area contributed by atoms with Gasteiger partial charge in [0.15, 0.2) is 5.78 Å². The zero-order chi connectivity index (χ0) is 29.3. The molecule has 2 heterocycles. The number of anilines is 1. The number of esters is 2. The van der Waals surface area contributed by atoms with Crippen molar-refractivity contribution in [2.75, 3.05) is 18.1 Å². The molecule has 0 amide bonds. The van der Waals surface area contributed by atoms with Gasteiger partial charge in [0, 0.05) is 27.8 Å². The number of allylic oxidation sites excluding steroid dienone is 2. The smallest absolute Gasteiger partial charge is 0.338 e. The van der Waals surface area contributed by atoms with Crippen molar-refractivity contribution in [3.8, 4) is 0 Å². The fourth-order valence-electron chi connectivity index (χ4n) is 5.64. The molecule has 1 aliphatic carbocycles. The number of benzene rings is 2. The summed E-state index contributed by atoms with van der Waals surface area (Å²) in [5.41, 5.74) is 8.78. The molecule has 1 aliphatic heterocycles. The third kappa shape index (κ3) is 5.16. The number of ketones is 1. The summed E-state index contributed by atoms with van der Waals surface area (Å²) in [6.07, 6.45) is 0.283. The number of carbonyl (C=O) groups excluding carboxylic acids is 3. The molecule has 3 atom stereocenters. The second-order valence-corrected chi connectivity index (χ2v) is 11.3. The monoisotopic (exact) mass is 610 g/mol. The number of para-hydroxylation sites is 1. The molecule has 0 spiro atoms. The summed E-state index contributed by atoms with van der Waals surface area (Å²) in [5, 5.41) is 2.33. The van der Waals surface area contributed by atoms with E-state index in [2.05, 4.69) is 0 Å². The highest BCUT2D eigenvalue weighted by Crippen LogP contribution is 2.53. The molecule has 3 aromatic rings. The Bertz CT molecular complexity index is 1550. The maximum absolute atomic E-state index is 14.7. The van der Waals surface area contributed by atoms with Gasteiger partial charge in [0.2, 0.25) is 0 Å². The van der Waals surface area contributed by atoms with Crippen LogP contribution in [0.5, 0.6) is 0 Å². The Morgan fingerprint density at radius 1 is 1.00 bits per heavy atom. The van der Waals surface area contributed by atoms with Crippen molar-refractivity contribution in [1.82, 2.24) is 0 Å². The van der Waals surface area contributed by atoms with Gasteiger partial charge in [-0.15, -0.1) is 11.3 Å². The van der Waals surface area contributed by atoms with Crippen molar-refractivity contribution in [3.63, 3.8) is 0 Å². The van der Waals surface area contributed by atoms with Crippen LogP contribution in [-0.2, 0) is 23.9 Å². The van der Waals surface area contributed by atoms with Crippen LogP contribution in [0.15, 0.2) is 88.7 Å². The summed E-state index contributed by atoms with van der Waals surface area (Å²) in [7, 11) is 0. The van der Waals surface area contributed by atoms with Gasteiger partial charge in [0.05, 0.1) is 34.8 Å². The Morgan fingerprint density at radius 2 is 1.73 bits per heavy atom. The zero-order valence-corrected chi connectivity index (χ0v) is 24.8. The maximum atomic E-state index is 14.7. The predicted octanol–water partition coefficient (Wildman–Crippen LogP) is 6.58. The van der Waals surface area contributed by atoms with E-state index in [-0.39, 0.29) is 46.6 Å². The molecule has 5 rings (SSSR count). The average Bonchev–Trinajstić information content (AvgIpc) is 3.49. The summed E-state index contributed by atoms with van der Waals surface area (Å²) in [6.45, 7) is 3.59. The number of nitrogens with two attached hydrogens (primary N) is 1. The number of halogens is 2. The summed E-state index contributed by atoms with van der Waals surface area (Å²) >= 11 is 14.6. The van der Waals surface area contributed by atoms with E-state index in [4.69, 9.17) is 38.4 Å². The van der Waals surface area contributed by atoms with E-state index < -0.39 is 35.5 Å². The van der Waals surface area contributed by atoms with Crippen molar-refractivity contribution < 1.29 is 23.9 Å². The summed E-state index contributed by atoms with van der Waals surface area (Å²) in [6, 6.07) is 18.0. The molecule has 0 saturated carbocycles. The number of rotatable bonds is 7. The Kier molecular flexibility index (Phi) is 8.54. The van der Waals surface area contributed by atoms with Crippen molar-refractivity contribution in [1.29, 1.82) is 0 Å². The summed E-state index contributed by atoms with van der Waals surface area (Å²) in [5.74, 6) is -4.32. The van der Waals surface area contributed by atoms with Crippen LogP contribution < -0.4 is 10.6 Å². The van der Waals surface area contributed by atoms with Crippen LogP contribution in [0.3, 0.4) is 0 Å². The highest BCUT2D eigenvalue weighted by atomic mass is 35.5. The van der Waals surface area contributed by atoms with Crippen LogP contribution in [0.4, 0.5) is 5.69 Å². The molecule has 1 aromatic heterocycles. The molecule has 0 fully saturated rings. The van der Waals surface area contributed by atoms with Crippen LogP contribution >= 0.6 is 34.5 Å². The second-order valence-electron chi connectivity index (χ2n) is 9.55. The molecular formula is C31H28Cl2N2O5S. The molecule has 41 heavy (non-hydrogen) atoms. The highest BCUT2D eigenvalue weighted by molar-refractivity contribution is 7.10. The molecule has 7 nitrogen and oxygen atoms in total. The lowest BCUT2D eigenvalue weighted by molar-refractivity contribution is -0.152. The van der Waals surface area contributed by atoms with Gasteiger partial charge in [-0.2, -0.15) is 0 Å². The first-order valence-electron chi connectivity index (χ1n) is 13.2. The summed E-state index contributed by atoms with van der Waals surface area (Å²) < 4.78 is 10.9. The van der Waals surface area contributed by atoms with E-state index >= 15 is 0 Å². The maximum Gasteiger partial charge on any atom is 0.338 e. The van der Waals surface area contributed by atoms with Gasteiger partial charge < -0.3 is 15.2 Å². The Morgan fingerprint density at radius 3 is 2.39 bits per heavy atom.